The summed E-state index contributed by atoms with van der Waals surface area (Å²) < 4.78 is 0. The van der Waals surface area contributed by atoms with Crippen LogP contribution in [0.4, 0.5) is 17.1 Å². The number of rotatable bonds is 6. The average molecular weight is 511 g/mol. The molecule has 4 rings (SSSR count). The smallest absolute Gasteiger partial charge is 0.241 e. The predicted octanol–water partition coefficient (Wildman–Crippen LogP) is 8.14. The van der Waals surface area contributed by atoms with E-state index >= 15 is 0 Å². The van der Waals surface area contributed by atoms with Crippen LogP contribution in [-0.2, 0) is 0 Å². The van der Waals surface area contributed by atoms with Crippen LogP contribution in [0.15, 0.2) is 109 Å². The highest BCUT2D eigenvalue weighted by Crippen LogP contribution is 2.25. The molecule has 4 aromatic rings. The molecule has 38 heavy (non-hydrogen) atoms. The lowest BCUT2D eigenvalue weighted by atomic mass is 9.37. The SMILES string of the molecule is CC.CC.CC.CC.CN(C)c1ccc(N(C)c2ccc(B(c3ccccc3)c3ccccc3)cc2)cc1. The fourth-order valence-corrected chi connectivity index (χ4v) is 3.88. The highest BCUT2D eigenvalue weighted by atomic mass is 15.1. The van der Waals surface area contributed by atoms with Gasteiger partial charge in [-0.2, -0.15) is 0 Å². The summed E-state index contributed by atoms with van der Waals surface area (Å²) in [5, 5.41) is 0. The van der Waals surface area contributed by atoms with Crippen LogP contribution in [0.3, 0.4) is 0 Å². The van der Waals surface area contributed by atoms with Crippen molar-refractivity contribution < 1.29 is 0 Å². The minimum absolute atomic E-state index is 0.228. The van der Waals surface area contributed by atoms with Crippen LogP contribution in [0.1, 0.15) is 55.4 Å². The van der Waals surface area contributed by atoms with Crippen LogP contribution in [-0.4, -0.2) is 27.9 Å². The van der Waals surface area contributed by atoms with Crippen molar-refractivity contribution in [2.45, 2.75) is 55.4 Å². The van der Waals surface area contributed by atoms with Gasteiger partial charge in [-0.1, -0.05) is 145 Å². The zero-order chi connectivity index (χ0) is 28.9. The third-order valence-electron chi connectivity index (χ3n) is 5.63. The molecule has 2 nitrogen and oxygen atoms in total. The number of hydrogen-bond donors (Lipinski definition) is 0. The van der Waals surface area contributed by atoms with Gasteiger partial charge in [-0.3, -0.25) is 0 Å². The van der Waals surface area contributed by atoms with Gasteiger partial charge in [-0.15, -0.1) is 0 Å². The Morgan fingerprint density at radius 1 is 0.368 bits per heavy atom. The van der Waals surface area contributed by atoms with Crippen LogP contribution >= 0.6 is 0 Å². The number of nitrogens with zero attached hydrogens (tertiary/aromatic N) is 2. The Bertz CT molecular complexity index is 1020. The van der Waals surface area contributed by atoms with Crippen LogP contribution in [0.25, 0.3) is 0 Å². The van der Waals surface area contributed by atoms with Gasteiger partial charge in [-0.05, 0) is 36.4 Å². The first kappa shape index (κ1) is 34.5. The highest BCUT2D eigenvalue weighted by molar-refractivity contribution is 6.95. The Morgan fingerprint density at radius 2 is 0.658 bits per heavy atom. The van der Waals surface area contributed by atoms with Gasteiger partial charge in [0.1, 0.15) is 0 Å². The van der Waals surface area contributed by atoms with Crippen molar-refractivity contribution in [3.63, 3.8) is 0 Å². The van der Waals surface area contributed by atoms with Crippen molar-refractivity contribution in [3.8, 4) is 0 Å². The Morgan fingerprint density at radius 3 is 1.00 bits per heavy atom. The molecule has 0 saturated carbocycles. The second-order valence-corrected chi connectivity index (χ2v) is 7.82. The molecule has 0 aromatic heterocycles. The van der Waals surface area contributed by atoms with Crippen molar-refractivity contribution in [1.82, 2.24) is 0 Å². The van der Waals surface area contributed by atoms with Crippen molar-refractivity contribution >= 4 is 40.2 Å². The van der Waals surface area contributed by atoms with Crippen LogP contribution < -0.4 is 26.2 Å². The fourth-order valence-electron chi connectivity index (χ4n) is 3.88. The molecule has 3 heteroatoms. The van der Waals surface area contributed by atoms with Gasteiger partial charge < -0.3 is 9.80 Å². The quantitative estimate of drug-likeness (QED) is 0.242. The topological polar surface area (TPSA) is 6.48 Å². The molecule has 4 aromatic carbocycles. The molecule has 0 radical (unpaired) electrons. The molecule has 0 unspecified atom stereocenters. The molecule has 0 heterocycles. The molecule has 0 N–H and O–H groups in total. The summed E-state index contributed by atoms with van der Waals surface area (Å²) in [7, 11) is 6.24. The summed E-state index contributed by atoms with van der Waals surface area (Å²) in [5.41, 5.74) is 7.48. The molecule has 0 spiro atoms. The van der Waals surface area contributed by atoms with Gasteiger partial charge >= 0.3 is 0 Å². The molecule has 0 amide bonds. The maximum Gasteiger partial charge on any atom is 0.241 e. The van der Waals surface area contributed by atoms with E-state index in [0.29, 0.717) is 0 Å². The molecule has 0 atom stereocenters. The number of hydrogen-bond acceptors (Lipinski definition) is 2. The predicted molar refractivity (Wildman–Crippen MR) is 178 cm³/mol. The van der Waals surface area contributed by atoms with E-state index in [2.05, 4.69) is 140 Å². The molecule has 0 aliphatic heterocycles. The fraction of sp³-hybridized carbons (Fsp3) is 0.314. The van der Waals surface area contributed by atoms with Crippen molar-refractivity contribution in [1.29, 1.82) is 0 Å². The molecule has 0 saturated heterocycles. The van der Waals surface area contributed by atoms with E-state index in [0.717, 1.165) is 0 Å². The van der Waals surface area contributed by atoms with E-state index < -0.39 is 0 Å². The lowest BCUT2D eigenvalue weighted by Gasteiger charge is -2.22. The monoisotopic (exact) mass is 510 g/mol. The third-order valence-corrected chi connectivity index (χ3v) is 5.63. The lowest BCUT2D eigenvalue weighted by molar-refractivity contribution is 1.13. The maximum atomic E-state index is 2.25. The maximum absolute atomic E-state index is 2.25. The number of benzene rings is 4. The van der Waals surface area contributed by atoms with E-state index in [4.69, 9.17) is 0 Å². The van der Waals surface area contributed by atoms with Crippen LogP contribution in [0, 0.1) is 0 Å². The van der Waals surface area contributed by atoms with Gasteiger partial charge in [0.05, 0.1) is 0 Å². The zero-order valence-electron chi connectivity index (χ0n) is 25.9. The molecule has 0 fully saturated rings. The Balaban J connectivity index is 0.00000157. The van der Waals surface area contributed by atoms with E-state index in [-0.39, 0.29) is 6.71 Å². The van der Waals surface area contributed by atoms with E-state index in [9.17, 15) is 0 Å². The Kier molecular flexibility index (Phi) is 18.7. The summed E-state index contributed by atoms with van der Waals surface area (Å²) >= 11 is 0. The largest absolute Gasteiger partial charge is 0.378 e. The summed E-state index contributed by atoms with van der Waals surface area (Å²) in [4.78, 5) is 4.34. The van der Waals surface area contributed by atoms with Gasteiger partial charge in [-0.25, -0.2) is 0 Å². The van der Waals surface area contributed by atoms with Gasteiger partial charge in [0.15, 0.2) is 0 Å². The first-order valence-corrected chi connectivity index (χ1v) is 14.3. The minimum Gasteiger partial charge on any atom is -0.378 e. The Hall–Kier alpha value is -3.46. The normalized spacial score (nSPS) is 8.92. The van der Waals surface area contributed by atoms with Gasteiger partial charge in [0.25, 0.3) is 0 Å². The molecule has 0 aliphatic rings. The third kappa shape index (κ3) is 10.1. The van der Waals surface area contributed by atoms with Crippen LogP contribution in [0.5, 0.6) is 0 Å². The van der Waals surface area contributed by atoms with Gasteiger partial charge in [0.2, 0.25) is 6.71 Å². The molecular formula is C35H51BN2. The zero-order valence-corrected chi connectivity index (χ0v) is 25.9. The van der Waals surface area contributed by atoms with E-state index in [1.807, 2.05) is 55.4 Å². The molecule has 0 bridgehead atoms. The minimum atomic E-state index is 0.228. The first-order chi connectivity index (χ1) is 18.6. The van der Waals surface area contributed by atoms with Crippen molar-refractivity contribution in [2.24, 2.45) is 0 Å². The van der Waals surface area contributed by atoms with Crippen LogP contribution in [0.2, 0.25) is 0 Å². The summed E-state index contributed by atoms with van der Waals surface area (Å²) in [6.45, 7) is 16.2. The number of anilines is 3. The first-order valence-electron chi connectivity index (χ1n) is 14.3. The highest BCUT2D eigenvalue weighted by Gasteiger charge is 2.21. The average Bonchev–Trinajstić information content (AvgIpc) is 3.02. The molecule has 0 aliphatic carbocycles. The molecule has 204 valence electrons. The Labute approximate surface area is 235 Å². The second kappa shape index (κ2) is 20.6. The van der Waals surface area contributed by atoms with Crippen molar-refractivity contribution in [3.05, 3.63) is 109 Å². The molecular weight excluding hydrogens is 459 g/mol. The summed E-state index contributed by atoms with van der Waals surface area (Å²) in [6.07, 6.45) is 0. The standard InChI is InChI=1S/C27H27BN2.4C2H6/c1-29(2)25-18-20-27(21-19-25)30(3)26-16-14-24(15-17-26)28(22-10-6-4-7-11-22)23-12-8-5-9-13-23;4*1-2/h4-21H,1-3H3;4*1-2H3. The summed E-state index contributed by atoms with van der Waals surface area (Å²) in [5.74, 6) is 0. The van der Waals surface area contributed by atoms with E-state index in [1.54, 1.807) is 0 Å². The summed E-state index contributed by atoms with van der Waals surface area (Å²) in [6, 6.07) is 39.0. The second-order valence-electron chi connectivity index (χ2n) is 7.82. The lowest BCUT2D eigenvalue weighted by Crippen LogP contribution is -2.51. The van der Waals surface area contributed by atoms with E-state index in [1.165, 1.54) is 33.5 Å². The van der Waals surface area contributed by atoms with Gasteiger partial charge in [0, 0.05) is 38.2 Å². The van der Waals surface area contributed by atoms with Crippen molar-refractivity contribution in [2.75, 3.05) is 30.9 Å².